The van der Waals surface area contributed by atoms with Crippen LogP contribution in [0.5, 0.6) is 0 Å². The number of hydrogen-bond donors (Lipinski definition) is 1. The molecule has 0 bridgehead atoms. The van der Waals surface area contributed by atoms with Crippen molar-refractivity contribution in [2.75, 3.05) is 17.2 Å². The van der Waals surface area contributed by atoms with Gasteiger partial charge in [0.25, 0.3) is 0 Å². The lowest BCUT2D eigenvalue weighted by atomic mass is 10.00. The van der Waals surface area contributed by atoms with Crippen molar-refractivity contribution >= 4 is 11.4 Å². The Balaban J connectivity index is 1.92. The highest BCUT2D eigenvalue weighted by Crippen LogP contribution is 2.30. The average Bonchev–Trinajstić information content (AvgIpc) is 2.70. The van der Waals surface area contributed by atoms with Gasteiger partial charge in [-0.25, -0.2) is 0 Å². The average molecular weight is 257 g/mol. The predicted octanol–water partition coefficient (Wildman–Crippen LogP) is 2.83. The third-order valence-corrected chi connectivity index (χ3v) is 3.85. The summed E-state index contributed by atoms with van der Waals surface area (Å²) >= 11 is 0. The molecule has 0 spiro atoms. The van der Waals surface area contributed by atoms with E-state index < -0.39 is 0 Å². The fraction of sp³-hybridized carbons (Fsp3) is 0.400. The van der Waals surface area contributed by atoms with E-state index in [1.165, 1.54) is 23.2 Å². The minimum absolute atomic E-state index is 0.845. The highest BCUT2D eigenvalue weighted by Gasteiger charge is 2.20. The summed E-state index contributed by atoms with van der Waals surface area (Å²) in [7, 11) is 0. The van der Waals surface area contributed by atoms with Gasteiger partial charge in [-0.2, -0.15) is 0 Å². The Hall–Kier alpha value is -1.97. The first kappa shape index (κ1) is 12.1. The predicted molar refractivity (Wildman–Crippen MR) is 76.2 cm³/mol. The van der Waals surface area contributed by atoms with E-state index in [1.54, 1.807) is 0 Å². The van der Waals surface area contributed by atoms with Crippen LogP contribution in [0.3, 0.4) is 0 Å². The highest BCUT2D eigenvalue weighted by atomic mass is 16.5. The molecule has 1 aromatic heterocycles. The van der Waals surface area contributed by atoms with E-state index in [4.69, 9.17) is 10.3 Å². The van der Waals surface area contributed by atoms with Crippen LogP contribution in [0.4, 0.5) is 11.4 Å². The molecule has 2 aromatic rings. The second kappa shape index (κ2) is 4.61. The summed E-state index contributed by atoms with van der Waals surface area (Å²) in [4.78, 5) is 2.39. The third-order valence-electron chi connectivity index (χ3n) is 3.85. The van der Waals surface area contributed by atoms with E-state index in [2.05, 4.69) is 22.2 Å². The molecule has 2 N–H and O–H groups in total. The number of aryl methyl sites for hydroxylation is 3. The Morgan fingerprint density at radius 1 is 1.37 bits per heavy atom. The highest BCUT2D eigenvalue weighted by molar-refractivity contribution is 5.61. The zero-order valence-corrected chi connectivity index (χ0v) is 11.4. The quantitative estimate of drug-likeness (QED) is 0.840. The van der Waals surface area contributed by atoms with Crippen LogP contribution >= 0.6 is 0 Å². The summed E-state index contributed by atoms with van der Waals surface area (Å²) in [5.41, 5.74) is 11.5. The van der Waals surface area contributed by atoms with Crippen LogP contribution in [0.15, 0.2) is 22.7 Å². The largest absolute Gasteiger partial charge is 0.399 e. The van der Waals surface area contributed by atoms with Gasteiger partial charge in [0.15, 0.2) is 0 Å². The van der Waals surface area contributed by atoms with Gasteiger partial charge in [0.2, 0.25) is 0 Å². The molecule has 4 heteroatoms. The molecule has 0 atom stereocenters. The molecule has 0 unspecified atom stereocenters. The number of aromatic nitrogens is 1. The minimum atomic E-state index is 0.845. The van der Waals surface area contributed by atoms with E-state index in [0.29, 0.717) is 0 Å². The van der Waals surface area contributed by atoms with Gasteiger partial charge in [0, 0.05) is 30.0 Å². The lowest BCUT2D eigenvalue weighted by Crippen LogP contribution is -2.29. The Kier molecular flexibility index (Phi) is 2.93. The third kappa shape index (κ3) is 2.18. The maximum Gasteiger partial charge on any atom is 0.138 e. The summed E-state index contributed by atoms with van der Waals surface area (Å²) in [5, 5.41) is 4.03. The summed E-state index contributed by atoms with van der Waals surface area (Å²) in [5.74, 6) is 0.917. The van der Waals surface area contributed by atoms with Gasteiger partial charge < -0.3 is 15.2 Å². The zero-order valence-electron chi connectivity index (χ0n) is 11.4. The minimum Gasteiger partial charge on any atom is -0.399 e. The van der Waals surface area contributed by atoms with Crippen molar-refractivity contribution in [3.63, 3.8) is 0 Å². The fourth-order valence-corrected chi connectivity index (χ4v) is 2.78. The molecular formula is C15H19N3O. The Bertz CT molecular complexity index is 584. The van der Waals surface area contributed by atoms with Crippen LogP contribution in [0.2, 0.25) is 0 Å². The van der Waals surface area contributed by atoms with Crippen LogP contribution in [-0.4, -0.2) is 11.7 Å². The SMILES string of the molecule is Cc1noc(C)c1CN1CCCc2cc(N)ccc21. The number of nitrogens with two attached hydrogens (primary N) is 1. The summed E-state index contributed by atoms with van der Waals surface area (Å²) < 4.78 is 5.25. The fourth-order valence-electron chi connectivity index (χ4n) is 2.78. The summed E-state index contributed by atoms with van der Waals surface area (Å²) in [6, 6.07) is 6.20. The standard InChI is InChI=1S/C15H19N3O/c1-10-14(11(2)19-17-10)9-18-7-3-4-12-8-13(16)5-6-15(12)18/h5-6,8H,3-4,7,9,16H2,1-2H3. The van der Waals surface area contributed by atoms with Gasteiger partial charge in [-0.05, 0) is 50.5 Å². The number of benzene rings is 1. The smallest absolute Gasteiger partial charge is 0.138 e. The first-order valence-electron chi connectivity index (χ1n) is 6.70. The van der Waals surface area contributed by atoms with E-state index in [-0.39, 0.29) is 0 Å². The van der Waals surface area contributed by atoms with Crippen LogP contribution < -0.4 is 10.6 Å². The van der Waals surface area contributed by atoms with Gasteiger partial charge in [-0.1, -0.05) is 5.16 Å². The van der Waals surface area contributed by atoms with E-state index in [0.717, 1.165) is 36.7 Å². The van der Waals surface area contributed by atoms with Crippen LogP contribution in [-0.2, 0) is 13.0 Å². The van der Waals surface area contributed by atoms with E-state index in [1.807, 2.05) is 19.9 Å². The molecule has 2 heterocycles. The van der Waals surface area contributed by atoms with Crippen molar-refractivity contribution in [1.82, 2.24) is 5.16 Å². The molecule has 1 aliphatic heterocycles. The topological polar surface area (TPSA) is 55.3 Å². The number of fused-ring (bicyclic) bond motifs is 1. The first-order chi connectivity index (χ1) is 9.15. The molecule has 0 fully saturated rings. The van der Waals surface area contributed by atoms with E-state index in [9.17, 15) is 0 Å². The molecule has 19 heavy (non-hydrogen) atoms. The molecule has 1 aliphatic rings. The molecule has 100 valence electrons. The molecular weight excluding hydrogens is 238 g/mol. The van der Waals surface area contributed by atoms with E-state index >= 15 is 0 Å². The molecule has 3 rings (SSSR count). The summed E-state index contributed by atoms with van der Waals surface area (Å²) in [6.45, 7) is 5.90. The second-order valence-electron chi connectivity index (χ2n) is 5.22. The van der Waals surface area contributed by atoms with Gasteiger partial charge in [0.05, 0.1) is 5.69 Å². The van der Waals surface area contributed by atoms with Crippen molar-refractivity contribution < 1.29 is 4.52 Å². The van der Waals surface area contributed by atoms with Gasteiger partial charge in [0.1, 0.15) is 5.76 Å². The Morgan fingerprint density at radius 2 is 2.21 bits per heavy atom. The Labute approximate surface area is 113 Å². The number of nitrogen functional groups attached to an aromatic ring is 1. The van der Waals surface area contributed by atoms with Crippen molar-refractivity contribution in [3.8, 4) is 0 Å². The van der Waals surface area contributed by atoms with Gasteiger partial charge in [-0.15, -0.1) is 0 Å². The first-order valence-corrected chi connectivity index (χ1v) is 6.70. The van der Waals surface area contributed by atoms with Crippen LogP contribution in [0, 0.1) is 13.8 Å². The molecule has 0 saturated heterocycles. The zero-order chi connectivity index (χ0) is 13.4. The number of hydrogen-bond acceptors (Lipinski definition) is 4. The van der Waals surface area contributed by atoms with Gasteiger partial charge >= 0.3 is 0 Å². The Morgan fingerprint density at radius 3 is 2.95 bits per heavy atom. The van der Waals surface area contributed by atoms with Crippen LogP contribution in [0.1, 0.15) is 29.0 Å². The molecule has 0 aliphatic carbocycles. The lowest BCUT2D eigenvalue weighted by Gasteiger charge is -2.31. The normalized spacial score (nSPS) is 14.5. The molecule has 1 aromatic carbocycles. The van der Waals surface area contributed by atoms with Crippen molar-refractivity contribution in [2.24, 2.45) is 0 Å². The summed E-state index contributed by atoms with van der Waals surface area (Å²) in [6.07, 6.45) is 2.28. The van der Waals surface area contributed by atoms with Crippen molar-refractivity contribution in [2.45, 2.75) is 33.2 Å². The van der Waals surface area contributed by atoms with Gasteiger partial charge in [-0.3, -0.25) is 0 Å². The van der Waals surface area contributed by atoms with Crippen LogP contribution in [0.25, 0.3) is 0 Å². The molecule has 0 amide bonds. The maximum atomic E-state index is 5.87. The van der Waals surface area contributed by atoms with Crippen molar-refractivity contribution in [1.29, 1.82) is 0 Å². The number of anilines is 2. The molecule has 4 nitrogen and oxygen atoms in total. The monoisotopic (exact) mass is 257 g/mol. The second-order valence-corrected chi connectivity index (χ2v) is 5.22. The van der Waals surface area contributed by atoms with Crippen molar-refractivity contribution in [3.05, 3.63) is 40.8 Å². The molecule has 0 saturated carbocycles. The maximum absolute atomic E-state index is 5.87. The number of rotatable bonds is 2. The lowest BCUT2D eigenvalue weighted by molar-refractivity contribution is 0.392. The molecule has 0 radical (unpaired) electrons. The number of nitrogens with zero attached hydrogens (tertiary/aromatic N) is 2.